The van der Waals surface area contributed by atoms with Crippen LogP contribution in [0.1, 0.15) is 61.1 Å². The molecule has 1 amide bonds. The van der Waals surface area contributed by atoms with E-state index >= 15 is 0 Å². The van der Waals surface area contributed by atoms with Gasteiger partial charge < -0.3 is 10.0 Å². The zero-order valence-electron chi connectivity index (χ0n) is 15.1. The summed E-state index contributed by atoms with van der Waals surface area (Å²) in [4.78, 5) is 14.3. The average molecular weight is 329 g/mol. The van der Waals surface area contributed by atoms with E-state index in [1.807, 2.05) is 38.1 Å². The van der Waals surface area contributed by atoms with Crippen molar-refractivity contribution >= 4 is 5.91 Å². The van der Waals surface area contributed by atoms with Gasteiger partial charge in [0.2, 0.25) is 0 Å². The summed E-state index contributed by atoms with van der Waals surface area (Å²) in [5.41, 5.74) is 3.16. The second kappa shape index (κ2) is 7.18. The summed E-state index contributed by atoms with van der Waals surface area (Å²) in [7, 11) is 0. The quantitative estimate of drug-likeness (QED) is 0.885. The van der Waals surface area contributed by atoms with Gasteiger partial charge in [-0.25, -0.2) is 0 Å². The maximum absolute atomic E-state index is 12.7. The van der Waals surface area contributed by atoms with Crippen molar-refractivity contribution in [3.05, 3.63) is 52.8 Å². The Balaban J connectivity index is 2.11. The molecule has 1 aromatic heterocycles. The highest BCUT2D eigenvalue weighted by Gasteiger charge is 2.23. The third-order valence-electron chi connectivity index (χ3n) is 4.13. The molecule has 5 nitrogen and oxygen atoms in total. The van der Waals surface area contributed by atoms with Crippen LogP contribution in [0.25, 0.3) is 0 Å². The van der Waals surface area contributed by atoms with Crippen LogP contribution in [0, 0.1) is 6.92 Å². The predicted octanol–water partition coefficient (Wildman–Crippen LogP) is 3.21. The summed E-state index contributed by atoms with van der Waals surface area (Å²) in [5, 5.41) is 17.5. The van der Waals surface area contributed by atoms with Crippen molar-refractivity contribution in [1.29, 1.82) is 0 Å². The molecule has 0 saturated carbocycles. The number of likely N-dealkylation sites (N-methyl/N-ethyl adjacent to an activating group) is 1. The molecular weight excluding hydrogens is 302 g/mol. The molecule has 1 atom stereocenters. The first kappa shape index (κ1) is 18.2. The van der Waals surface area contributed by atoms with E-state index in [1.165, 1.54) is 0 Å². The van der Waals surface area contributed by atoms with Gasteiger partial charge in [0.05, 0.1) is 12.6 Å². The minimum absolute atomic E-state index is 0.0933. The van der Waals surface area contributed by atoms with Crippen LogP contribution in [-0.2, 0) is 5.41 Å². The Bertz CT molecular complexity index is 683. The van der Waals surface area contributed by atoms with E-state index in [-0.39, 0.29) is 17.9 Å². The summed E-state index contributed by atoms with van der Waals surface area (Å²) >= 11 is 0. The van der Waals surface area contributed by atoms with Gasteiger partial charge in [-0.05, 0) is 25.5 Å². The number of carbonyl (C=O) groups is 1. The Morgan fingerprint density at radius 2 is 1.92 bits per heavy atom. The number of aromatic amines is 1. The lowest BCUT2D eigenvalue weighted by molar-refractivity contribution is 0.0629. The third-order valence-corrected chi connectivity index (χ3v) is 4.13. The molecular formula is C19H27N3O2. The Morgan fingerprint density at radius 3 is 2.42 bits per heavy atom. The SMILES string of the molecule is CCN(CC(O)c1ccc(C)cc1)C(=O)c1cc(C(C)(C)C)[nH]n1. The molecule has 1 heterocycles. The van der Waals surface area contributed by atoms with E-state index in [0.717, 1.165) is 16.8 Å². The third kappa shape index (κ3) is 4.23. The molecule has 1 aromatic carbocycles. The molecule has 2 aromatic rings. The van der Waals surface area contributed by atoms with Gasteiger partial charge >= 0.3 is 0 Å². The van der Waals surface area contributed by atoms with Gasteiger partial charge in [0.25, 0.3) is 5.91 Å². The maximum Gasteiger partial charge on any atom is 0.274 e. The molecule has 0 aliphatic carbocycles. The number of aliphatic hydroxyl groups excluding tert-OH is 1. The molecule has 2 rings (SSSR count). The fraction of sp³-hybridized carbons (Fsp3) is 0.474. The van der Waals surface area contributed by atoms with Crippen LogP contribution in [0.15, 0.2) is 30.3 Å². The molecule has 5 heteroatoms. The minimum Gasteiger partial charge on any atom is -0.387 e. The predicted molar refractivity (Wildman–Crippen MR) is 95.0 cm³/mol. The first-order chi connectivity index (χ1) is 11.2. The van der Waals surface area contributed by atoms with Gasteiger partial charge in [-0.3, -0.25) is 9.89 Å². The molecule has 1 unspecified atom stereocenters. The normalized spacial score (nSPS) is 12.9. The molecule has 130 valence electrons. The lowest BCUT2D eigenvalue weighted by Crippen LogP contribution is -2.34. The van der Waals surface area contributed by atoms with Gasteiger partial charge in [0.1, 0.15) is 5.69 Å². The monoisotopic (exact) mass is 329 g/mol. The van der Waals surface area contributed by atoms with E-state index in [1.54, 1.807) is 11.0 Å². The summed E-state index contributed by atoms with van der Waals surface area (Å²) in [6.07, 6.45) is -0.712. The highest BCUT2D eigenvalue weighted by molar-refractivity contribution is 5.92. The zero-order valence-corrected chi connectivity index (χ0v) is 15.1. The van der Waals surface area contributed by atoms with Crippen LogP contribution in [0.5, 0.6) is 0 Å². The number of aliphatic hydroxyl groups is 1. The van der Waals surface area contributed by atoms with Crippen LogP contribution < -0.4 is 0 Å². The number of rotatable bonds is 5. The number of hydrogen-bond acceptors (Lipinski definition) is 3. The van der Waals surface area contributed by atoms with Crippen molar-refractivity contribution < 1.29 is 9.90 Å². The summed E-state index contributed by atoms with van der Waals surface area (Å²) in [6, 6.07) is 9.50. The molecule has 0 bridgehead atoms. The smallest absolute Gasteiger partial charge is 0.274 e. The van der Waals surface area contributed by atoms with E-state index in [4.69, 9.17) is 0 Å². The van der Waals surface area contributed by atoms with E-state index in [2.05, 4.69) is 31.0 Å². The minimum atomic E-state index is -0.712. The maximum atomic E-state index is 12.7. The number of hydrogen-bond donors (Lipinski definition) is 2. The topological polar surface area (TPSA) is 69.2 Å². The Hall–Kier alpha value is -2.14. The van der Waals surface area contributed by atoms with Crippen LogP contribution in [-0.4, -0.2) is 39.2 Å². The fourth-order valence-corrected chi connectivity index (χ4v) is 2.44. The van der Waals surface area contributed by atoms with Gasteiger partial charge in [-0.2, -0.15) is 5.10 Å². The van der Waals surface area contributed by atoms with Crippen LogP contribution in [0.3, 0.4) is 0 Å². The van der Waals surface area contributed by atoms with Crippen molar-refractivity contribution in [2.24, 2.45) is 0 Å². The van der Waals surface area contributed by atoms with E-state index in [0.29, 0.717) is 12.2 Å². The number of nitrogens with one attached hydrogen (secondary N) is 1. The summed E-state index contributed by atoms with van der Waals surface area (Å²) < 4.78 is 0. The standard InChI is InChI=1S/C19H27N3O2/c1-6-22(12-16(23)14-9-7-13(2)8-10-14)18(24)15-11-17(21-20-15)19(3,4)5/h7-11,16,23H,6,12H2,1-5H3,(H,20,21). The zero-order chi connectivity index (χ0) is 17.9. The van der Waals surface area contributed by atoms with Crippen molar-refractivity contribution in [2.75, 3.05) is 13.1 Å². The fourth-order valence-electron chi connectivity index (χ4n) is 2.44. The average Bonchev–Trinajstić information content (AvgIpc) is 3.02. The second-order valence-corrected chi connectivity index (χ2v) is 7.19. The highest BCUT2D eigenvalue weighted by Crippen LogP contribution is 2.21. The molecule has 2 N–H and O–H groups in total. The van der Waals surface area contributed by atoms with Crippen molar-refractivity contribution in [3.8, 4) is 0 Å². The Labute approximate surface area is 143 Å². The summed E-state index contributed by atoms with van der Waals surface area (Å²) in [5.74, 6) is -0.171. The number of amides is 1. The number of H-pyrrole nitrogens is 1. The van der Waals surface area contributed by atoms with E-state index in [9.17, 15) is 9.90 Å². The van der Waals surface area contributed by atoms with E-state index < -0.39 is 6.10 Å². The van der Waals surface area contributed by atoms with Gasteiger partial charge in [0.15, 0.2) is 0 Å². The highest BCUT2D eigenvalue weighted by atomic mass is 16.3. The molecule has 0 aliphatic heterocycles. The summed E-state index contributed by atoms with van der Waals surface area (Å²) in [6.45, 7) is 10.9. The van der Waals surface area contributed by atoms with Gasteiger partial charge in [-0.1, -0.05) is 50.6 Å². The number of aromatic nitrogens is 2. The molecule has 24 heavy (non-hydrogen) atoms. The Morgan fingerprint density at radius 1 is 1.29 bits per heavy atom. The van der Waals surface area contributed by atoms with Crippen LogP contribution >= 0.6 is 0 Å². The Kier molecular flexibility index (Phi) is 5.44. The van der Waals surface area contributed by atoms with Gasteiger partial charge in [0, 0.05) is 17.7 Å². The second-order valence-electron chi connectivity index (χ2n) is 7.19. The largest absolute Gasteiger partial charge is 0.387 e. The van der Waals surface area contributed by atoms with Crippen molar-refractivity contribution in [1.82, 2.24) is 15.1 Å². The van der Waals surface area contributed by atoms with Gasteiger partial charge in [-0.15, -0.1) is 0 Å². The van der Waals surface area contributed by atoms with Crippen LogP contribution in [0.2, 0.25) is 0 Å². The lowest BCUT2D eigenvalue weighted by Gasteiger charge is -2.23. The molecule has 0 spiro atoms. The number of nitrogens with zero attached hydrogens (tertiary/aromatic N) is 2. The lowest BCUT2D eigenvalue weighted by atomic mass is 9.92. The first-order valence-corrected chi connectivity index (χ1v) is 8.32. The molecule has 0 aliphatic rings. The number of benzene rings is 1. The van der Waals surface area contributed by atoms with Crippen molar-refractivity contribution in [3.63, 3.8) is 0 Å². The molecule has 0 fully saturated rings. The first-order valence-electron chi connectivity index (χ1n) is 8.32. The van der Waals surface area contributed by atoms with Crippen molar-refractivity contribution in [2.45, 2.75) is 46.1 Å². The number of aryl methyl sites for hydroxylation is 1. The molecule has 0 radical (unpaired) electrons. The number of carbonyl (C=O) groups excluding carboxylic acids is 1. The molecule has 0 saturated heterocycles. The van der Waals surface area contributed by atoms with Crippen LogP contribution in [0.4, 0.5) is 0 Å².